The molecule has 1 N–H and O–H groups in total. The summed E-state index contributed by atoms with van der Waals surface area (Å²) < 4.78 is 0. The molecule has 1 aromatic heterocycles. The monoisotopic (exact) mass is 318 g/mol. The highest BCUT2D eigenvalue weighted by Crippen LogP contribution is 2.33. The van der Waals surface area contributed by atoms with Gasteiger partial charge in [-0.1, -0.05) is 45.2 Å². The van der Waals surface area contributed by atoms with Gasteiger partial charge in [0.2, 0.25) is 5.91 Å². The van der Waals surface area contributed by atoms with Crippen molar-refractivity contribution in [3.05, 3.63) is 35.5 Å². The van der Waals surface area contributed by atoms with Gasteiger partial charge in [-0.2, -0.15) is 0 Å². The molecular weight excluding hydrogens is 296 g/mol. The highest BCUT2D eigenvalue weighted by atomic mass is 35.5. The molecule has 2 rings (SSSR count). The lowest BCUT2D eigenvalue weighted by Gasteiger charge is -2.27. The van der Waals surface area contributed by atoms with Gasteiger partial charge in [-0.05, 0) is 37.1 Å². The minimum atomic E-state index is -0.343. The Bertz CT molecular complexity index is 663. The number of nitrogens with one attached hydrogen (secondary N) is 1. The molecule has 0 saturated heterocycles. The molecule has 0 spiro atoms. The summed E-state index contributed by atoms with van der Waals surface area (Å²) in [6.07, 6.45) is 5.45. The van der Waals surface area contributed by atoms with Gasteiger partial charge in [0.15, 0.2) is 0 Å². The molecule has 1 heterocycles. The van der Waals surface area contributed by atoms with E-state index in [1.165, 1.54) is 0 Å². The largest absolute Gasteiger partial charge is 0.324 e. The molecule has 0 bridgehead atoms. The highest BCUT2D eigenvalue weighted by molar-refractivity contribution is 6.35. The molecule has 0 aliphatic rings. The third-order valence-corrected chi connectivity index (χ3v) is 4.45. The molecule has 1 amide bonds. The van der Waals surface area contributed by atoms with Crippen LogP contribution >= 0.6 is 11.6 Å². The average molecular weight is 319 g/mol. The quantitative estimate of drug-likeness (QED) is 0.771. The molecule has 1 aromatic carbocycles. The SMILES string of the molecule is CCCC(C)(CCC)C(=O)Nc1ccc(Cl)c2cccnc12. The Balaban J connectivity index is 2.34. The van der Waals surface area contributed by atoms with Crippen molar-refractivity contribution in [1.82, 2.24) is 4.98 Å². The lowest BCUT2D eigenvalue weighted by atomic mass is 9.80. The van der Waals surface area contributed by atoms with Crippen LogP contribution in [-0.2, 0) is 4.79 Å². The van der Waals surface area contributed by atoms with E-state index in [-0.39, 0.29) is 11.3 Å². The van der Waals surface area contributed by atoms with Crippen LogP contribution in [0.25, 0.3) is 10.9 Å². The van der Waals surface area contributed by atoms with Gasteiger partial charge in [0.1, 0.15) is 0 Å². The Hall–Kier alpha value is -1.61. The van der Waals surface area contributed by atoms with E-state index in [1.54, 1.807) is 12.3 Å². The van der Waals surface area contributed by atoms with Crippen molar-refractivity contribution in [1.29, 1.82) is 0 Å². The van der Waals surface area contributed by atoms with E-state index in [4.69, 9.17) is 11.6 Å². The number of rotatable bonds is 6. The number of pyridine rings is 1. The molecular formula is C18H23ClN2O. The number of halogens is 1. The maximum absolute atomic E-state index is 12.8. The number of hydrogen-bond donors (Lipinski definition) is 1. The summed E-state index contributed by atoms with van der Waals surface area (Å²) in [7, 11) is 0. The summed E-state index contributed by atoms with van der Waals surface area (Å²) >= 11 is 6.20. The Morgan fingerprint density at radius 3 is 2.55 bits per heavy atom. The predicted molar refractivity (Wildman–Crippen MR) is 93.3 cm³/mol. The van der Waals surface area contributed by atoms with Gasteiger partial charge in [0, 0.05) is 17.0 Å². The maximum atomic E-state index is 12.8. The second kappa shape index (κ2) is 7.10. The van der Waals surface area contributed by atoms with E-state index in [2.05, 4.69) is 24.1 Å². The van der Waals surface area contributed by atoms with Crippen LogP contribution in [0.3, 0.4) is 0 Å². The summed E-state index contributed by atoms with van der Waals surface area (Å²) in [5.74, 6) is 0.0606. The van der Waals surface area contributed by atoms with E-state index >= 15 is 0 Å². The minimum absolute atomic E-state index is 0.0606. The first kappa shape index (κ1) is 16.8. The predicted octanol–water partition coefficient (Wildman–Crippen LogP) is 5.43. The van der Waals surface area contributed by atoms with Crippen molar-refractivity contribution in [2.45, 2.75) is 46.5 Å². The number of aromatic nitrogens is 1. The molecule has 0 fully saturated rings. The van der Waals surface area contributed by atoms with Crippen LogP contribution in [0.1, 0.15) is 46.5 Å². The number of benzene rings is 1. The van der Waals surface area contributed by atoms with Crippen molar-refractivity contribution >= 4 is 34.1 Å². The zero-order valence-corrected chi connectivity index (χ0v) is 14.2. The van der Waals surface area contributed by atoms with E-state index in [0.29, 0.717) is 5.02 Å². The fourth-order valence-electron chi connectivity index (χ4n) is 2.97. The van der Waals surface area contributed by atoms with E-state index < -0.39 is 0 Å². The van der Waals surface area contributed by atoms with Crippen LogP contribution in [-0.4, -0.2) is 10.9 Å². The van der Waals surface area contributed by atoms with Gasteiger partial charge in [-0.15, -0.1) is 0 Å². The lowest BCUT2D eigenvalue weighted by Crippen LogP contribution is -2.33. The number of nitrogens with zero attached hydrogens (tertiary/aromatic N) is 1. The third kappa shape index (κ3) is 3.41. The van der Waals surface area contributed by atoms with Crippen molar-refractivity contribution in [2.75, 3.05) is 5.32 Å². The van der Waals surface area contributed by atoms with Crippen LogP contribution in [0, 0.1) is 5.41 Å². The molecule has 0 aliphatic carbocycles. The molecule has 0 radical (unpaired) electrons. The first-order chi connectivity index (χ1) is 10.5. The summed E-state index contributed by atoms with van der Waals surface area (Å²) in [5.41, 5.74) is 1.12. The van der Waals surface area contributed by atoms with E-state index in [1.807, 2.05) is 25.1 Å². The molecule has 0 unspecified atom stereocenters. The lowest BCUT2D eigenvalue weighted by molar-refractivity contribution is -0.125. The number of fused-ring (bicyclic) bond motifs is 1. The van der Waals surface area contributed by atoms with Gasteiger partial charge in [-0.25, -0.2) is 0 Å². The molecule has 118 valence electrons. The van der Waals surface area contributed by atoms with Gasteiger partial charge in [0.25, 0.3) is 0 Å². The fourth-order valence-corrected chi connectivity index (χ4v) is 3.18. The van der Waals surface area contributed by atoms with Crippen LogP contribution in [0.4, 0.5) is 5.69 Å². The van der Waals surface area contributed by atoms with Crippen molar-refractivity contribution in [2.24, 2.45) is 5.41 Å². The zero-order chi connectivity index (χ0) is 16.2. The fraction of sp³-hybridized carbons (Fsp3) is 0.444. The molecule has 2 aromatic rings. The molecule has 0 atom stereocenters. The Morgan fingerprint density at radius 1 is 1.23 bits per heavy atom. The number of carbonyl (C=O) groups excluding carboxylic acids is 1. The maximum Gasteiger partial charge on any atom is 0.230 e. The third-order valence-electron chi connectivity index (χ3n) is 4.12. The van der Waals surface area contributed by atoms with Gasteiger partial charge in [0.05, 0.1) is 16.2 Å². The minimum Gasteiger partial charge on any atom is -0.324 e. The molecule has 22 heavy (non-hydrogen) atoms. The van der Waals surface area contributed by atoms with Gasteiger partial charge >= 0.3 is 0 Å². The van der Waals surface area contributed by atoms with Crippen LogP contribution < -0.4 is 5.32 Å². The van der Waals surface area contributed by atoms with E-state index in [9.17, 15) is 4.79 Å². The number of anilines is 1. The Labute approximate surface area is 137 Å². The molecule has 3 nitrogen and oxygen atoms in total. The van der Waals surface area contributed by atoms with Crippen LogP contribution in [0.2, 0.25) is 5.02 Å². The normalized spacial score (nSPS) is 11.6. The smallest absolute Gasteiger partial charge is 0.230 e. The summed E-state index contributed by atoms with van der Waals surface area (Å²) in [6.45, 7) is 6.27. The first-order valence-corrected chi connectivity index (χ1v) is 8.24. The number of carbonyl (C=O) groups is 1. The number of amides is 1. The van der Waals surface area contributed by atoms with Crippen molar-refractivity contribution in [3.8, 4) is 0 Å². The van der Waals surface area contributed by atoms with Crippen LogP contribution in [0.15, 0.2) is 30.5 Å². The second-order valence-electron chi connectivity index (χ2n) is 6.01. The zero-order valence-electron chi connectivity index (χ0n) is 13.4. The van der Waals surface area contributed by atoms with Crippen LogP contribution in [0.5, 0.6) is 0 Å². The molecule has 0 saturated carbocycles. The number of hydrogen-bond acceptors (Lipinski definition) is 2. The standard InChI is InChI=1S/C18H23ClN2O/c1-4-10-18(3,11-5-2)17(22)21-15-9-8-14(19)13-7-6-12-20-16(13)15/h6-9,12H,4-5,10-11H2,1-3H3,(H,21,22). The van der Waals surface area contributed by atoms with Gasteiger partial charge < -0.3 is 5.32 Å². The Morgan fingerprint density at radius 2 is 1.91 bits per heavy atom. The van der Waals surface area contributed by atoms with E-state index in [0.717, 1.165) is 42.3 Å². The summed E-state index contributed by atoms with van der Waals surface area (Å²) in [6, 6.07) is 7.39. The Kier molecular flexibility index (Phi) is 5.41. The molecule has 0 aliphatic heterocycles. The first-order valence-electron chi connectivity index (χ1n) is 7.86. The second-order valence-corrected chi connectivity index (χ2v) is 6.42. The van der Waals surface area contributed by atoms with Crippen molar-refractivity contribution < 1.29 is 4.79 Å². The van der Waals surface area contributed by atoms with Gasteiger partial charge in [-0.3, -0.25) is 9.78 Å². The topological polar surface area (TPSA) is 42.0 Å². The summed E-state index contributed by atoms with van der Waals surface area (Å²) in [4.78, 5) is 17.1. The molecule has 4 heteroatoms. The highest BCUT2D eigenvalue weighted by Gasteiger charge is 2.31. The average Bonchev–Trinajstić information content (AvgIpc) is 2.51. The summed E-state index contributed by atoms with van der Waals surface area (Å²) in [5, 5.41) is 4.56. The van der Waals surface area contributed by atoms with Crippen molar-refractivity contribution in [3.63, 3.8) is 0 Å².